The molecule has 1 aromatic heterocycles. The third-order valence-electron chi connectivity index (χ3n) is 3.91. The highest BCUT2D eigenvalue weighted by molar-refractivity contribution is 6.32. The van der Waals surface area contributed by atoms with Crippen LogP contribution in [-0.2, 0) is 4.79 Å². The van der Waals surface area contributed by atoms with Crippen LogP contribution in [-0.4, -0.2) is 22.6 Å². The average molecular weight is 358 g/mol. The Morgan fingerprint density at radius 2 is 2.04 bits per heavy atom. The maximum Gasteiger partial charge on any atom is 0.261 e. The predicted molar refractivity (Wildman–Crippen MR) is 97.3 cm³/mol. The lowest BCUT2D eigenvalue weighted by atomic mass is 10.2. The van der Waals surface area contributed by atoms with Crippen LogP contribution in [0.3, 0.4) is 0 Å². The van der Waals surface area contributed by atoms with Crippen LogP contribution in [0.5, 0.6) is 5.75 Å². The van der Waals surface area contributed by atoms with Crippen LogP contribution in [0.4, 0.5) is 5.69 Å². The van der Waals surface area contributed by atoms with Crippen LogP contribution < -0.4 is 15.6 Å². The number of anilines is 1. The number of nitrogens with zero attached hydrogens (tertiary/aromatic N) is 2. The highest BCUT2D eigenvalue weighted by atomic mass is 35.5. The van der Waals surface area contributed by atoms with E-state index < -0.39 is 6.04 Å². The lowest BCUT2D eigenvalue weighted by Gasteiger charge is -2.15. The zero-order valence-electron chi connectivity index (χ0n) is 13.7. The number of hydrogen-bond donors (Lipinski definition) is 1. The van der Waals surface area contributed by atoms with Crippen LogP contribution >= 0.6 is 11.6 Å². The molecule has 0 aliphatic carbocycles. The zero-order chi connectivity index (χ0) is 18.0. The second kappa shape index (κ2) is 6.94. The minimum absolute atomic E-state index is 0.263. The summed E-state index contributed by atoms with van der Waals surface area (Å²) in [7, 11) is 1.51. The number of hydrogen-bond acceptors (Lipinski definition) is 4. The molecule has 0 saturated carbocycles. The van der Waals surface area contributed by atoms with Crippen molar-refractivity contribution in [3.8, 4) is 5.75 Å². The van der Waals surface area contributed by atoms with Gasteiger partial charge in [-0.2, -0.15) is 0 Å². The number of amides is 1. The summed E-state index contributed by atoms with van der Waals surface area (Å²) < 4.78 is 6.39. The topological polar surface area (TPSA) is 73.2 Å². The zero-order valence-corrected chi connectivity index (χ0v) is 14.4. The van der Waals surface area contributed by atoms with Gasteiger partial charge in [0.1, 0.15) is 11.8 Å². The first-order chi connectivity index (χ1) is 12.0. The first kappa shape index (κ1) is 17.0. The smallest absolute Gasteiger partial charge is 0.261 e. The number of aromatic nitrogens is 2. The number of fused-ring (bicyclic) bond motifs is 1. The number of nitrogens with one attached hydrogen (secondary N) is 1. The van der Waals surface area contributed by atoms with Gasteiger partial charge in [-0.3, -0.25) is 14.2 Å². The minimum Gasteiger partial charge on any atom is -0.495 e. The first-order valence-corrected chi connectivity index (χ1v) is 7.99. The summed E-state index contributed by atoms with van der Waals surface area (Å²) in [5.74, 6) is 0.170. The lowest BCUT2D eigenvalue weighted by molar-refractivity contribution is -0.118. The lowest BCUT2D eigenvalue weighted by Crippen LogP contribution is -2.31. The van der Waals surface area contributed by atoms with E-state index >= 15 is 0 Å². The molecule has 128 valence electrons. The van der Waals surface area contributed by atoms with Crippen LogP contribution in [0.2, 0.25) is 5.02 Å². The molecule has 0 bridgehead atoms. The fourth-order valence-corrected chi connectivity index (χ4v) is 2.73. The van der Waals surface area contributed by atoms with Crippen molar-refractivity contribution in [3.05, 3.63) is 64.2 Å². The largest absolute Gasteiger partial charge is 0.495 e. The molecule has 1 N–H and O–H groups in total. The highest BCUT2D eigenvalue weighted by Crippen LogP contribution is 2.27. The number of carbonyl (C=O) groups excluding carboxylic acids is 1. The van der Waals surface area contributed by atoms with E-state index in [1.165, 1.54) is 18.0 Å². The molecule has 0 aliphatic heterocycles. The van der Waals surface area contributed by atoms with Gasteiger partial charge in [0.05, 0.1) is 29.4 Å². The van der Waals surface area contributed by atoms with E-state index in [9.17, 15) is 9.59 Å². The monoisotopic (exact) mass is 357 g/mol. The van der Waals surface area contributed by atoms with Crippen molar-refractivity contribution in [1.82, 2.24) is 9.55 Å². The molecule has 1 amide bonds. The number of rotatable bonds is 4. The van der Waals surface area contributed by atoms with Crippen LogP contribution in [0.15, 0.2) is 53.6 Å². The predicted octanol–water partition coefficient (Wildman–Crippen LogP) is 3.26. The number of para-hydroxylation sites is 1. The summed E-state index contributed by atoms with van der Waals surface area (Å²) >= 11 is 6.06. The number of benzene rings is 2. The molecule has 0 saturated heterocycles. The third-order valence-corrected chi connectivity index (χ3v) is 4.20. The van der Waals surface area contributed by atoms with E-state index in [2.05, 4.69) is 10.3 Å². The van der Waals surface area contributed by atoms with Gasteiger partial charge >= 0.3 is 0 Å². The molecular formula is C18H16ClN3O3. The molecule has 3 aromatic rings. The maximum atomic E-state index is 12.6. The summed E-state index contributed by atoms with van der Waals surface area (Å²) in [6.07, 6.45) is 1.38. The molecule has 3 rings (SSSR count). The molecule has 25 heavy (non-hydrogen) atoms. The number of ether oxygens (including phenoxy) is 1. The maximum absolute atomic E-state index is 12.6. The van der Waals surface area contributed by atoms with E-state index in [1.54, 1.807) is 43.3 Å². The molecule has 0 aliphatic rings. The standard InChI is InChI=1S/C18H16ClN3O3/c1-11(17(23)21-12-7-8-16(25-2)14(19)9-12)22-10-20-15-6-4-3-5-13(15)18(22)24/h3-11H,1-2H3,(H,21,23). The average Bonchev–Trinajstić information content (AvgIpc) is 2.62. The molecule has 0 spiro atoms. The second-order valence-electron chi connectivity index (χ2n) is 5.49. The fourth-order valence-electron chi connectivity index (χ4n) is 2.48. The van der Waals surface area contributed by atoms with Crippen molar-refractivity contribution < 1.29 is 9.53 Å². The molecule has 1 unspecified atom stereocenters. The van der Waals surface area contributed by atoms with Crippen molar-refractivity contribution in [2.45, 2.75) is 13.0 Å². The van der Waals surface area contributed by atoms with Crippen molar-refractivity contribution in [3.63, 3.8) is 0 Å². The van der Waals surface area contributed by atoms with Gasteiger partial charge in [0.15, 0.2) is 0 Å². The normalized spacial score (nSPS) is 12.0. The number of carbonyl (C=O) groups is 1. The van der Waals surface area contributed by atoms with Gasteiger partial charge in [0.2, 0.25) is 5.91 Å². The molecule has 6 nitrogen and oxygen atoms in total. The van der Waals surface area contributed by atoms with Gasteiger partial charge in [0, 0.05) is 5.69 Å². The van der Waals surface area contributed by atoms with Gasteiger partial charge in [-0.25, -0.2) is 4.98 Å². The number of methoxy groups -OCH3 is 1. The Morgan fingerprint density at radius 3 is 2.76 bits per heavy atom. The fraction of sp³-hybridized carbons (Fsp3) is 0.167. The Kier molecular flexibility index (Phi) is 4.72. The SMILES string of the molecule is COc1ccc(NC(=O)C(C)n2cnc3ccccc3c2=O)cc1Cl. The van der Waals surface area contributed by atoms with Crippen molar-refractivity contribution in [1.29, 1.82) is 0 Å². The minimum atomic E-state index is -0.731. The van der Waals surface area contributed by atoms with Gasteiger partial charge in [-0.05, 0) is 37.3 Å². The molecule has 2 aromatic carbocycles. The number of halogens is 1. The summed E-state index contributed by atoms with van der Waals surface area (Å²) in [6.45, 7) is 1.64. The van der Waals surface area contributed by atoms with Gasteiger partial charge in [-0.15, -0.1) is 0 Å². The van der Waals surface area contributed by atoms with Gasteiger partial charge in [0.25, 0.3) is 5.56 Å². The molecule has 0 radical (unpaired) electrons. The molecular weight excluding hydrogens is 342 g/mol. The quantitative estimate of drug-likeness (QED) is 0.777. The third kappa shape index (κ3) is 3.34. The Bertz CT molecular complexity index is 1000. The highest BCUT2D eigenvalue weighted by Gasteiger charge is 2.18. The molecule has 7 heteroatoms. The first-order valence-electron chi connectivity index (χ1n) is 7.61. The molecule has 1 heterocycles. The summed E-state index contributed by atoms with van der Waals surface area (Å²) in [5.41, 5.74) is 0.851. The Hall–Kier alpha value is -2.86. The Labute approximate surface area is 149 Å². The van der Waals surface area contributed by atoms with Crippen LogP contribution in [0.1, 0.15) is 13.0 Å². The van der Waals surface area contributed by atoms with Crippen LogP contribution in [0, 0.1) is 0 Å². The summed E-state index contributed by atoms with van der Waals surface area (Å²) in [5, 5.41) is 3.60. The van der Waals surface area contributed by atoms with E-state index in [1.807, 2.05) is 6.07 Å². The van der Waals surface area contributed by atoms with E-state index in [0.29, 0.717) is 27.4 Å². The molecule has 0 fully saturated rings. The Morgan fingerprint density at radius 1 is 1.28 bits per heavy atom. The van der Waals surface area contributed by atoms with Crippen molar-refractivity contribution >= 4 is 34.1 Å². The van der Waals surface area contributed by atoms with E-state index in [0.717, 1.165) is 0 Å². The van der Waals surface area contributed by atoms with Gasteiger partial charge < -0.3 is 10.1 Å². The summed E-state index contributed by atoms with van der Waals surface area (Å²) in [4.78, 5) is 29.3. The molecule has 1 atom stereocenters. The van der Waals surface area contributed by atoms with Crippen molar-refractivity contribution in [2.75, 3.05) is 12.4 Å². The Balaban J connectivity index is 1.87. The van der Waals surface area contributed by atoms with Crippen molar-refractivity contribution in [2.24, 2.45) is 0 Å². The van der Waals surface area contributed by atoms with Crippen LogP contribution in [0.25, 0.3) is 10.9 Å². The van der Waals surface area contributed by atoms with E-state index in [-0.39, 0.29) is 11.5 Å². The second-order valence-corrected chi connectivity index (χ2v) is 5.90. The van der Waals surface area contributed by atoms with E-state index in [4.69, 9.17) is 16.3 Å². The van der Waals surface area contributed by atoms with Gasteiger partial charge in [-0.1, -0.05) is 23.7 Å². The summed E-state index contributed by atoms with van der Waals surface area (Å²) in [6, 6.07) is 11.2.